The van der Waals surface area contributed by atoms with Crippen LogP contribution in [0.2, 0.25) is 0 Å². The van der Waals surface area contributed by atoms with Crippen LogP contribution in [0.1, 0.15) is 47.0 Å². The average molecular weight is 245 g/mol. The van der Waals surface area contributed by atoms with Crippen LogP contribution in [0.25, 0.3) is 0 Å². The van der Waals surface area contributed by atoms with Crippen molar-refractivity contribution in [2.45, 2.75) is 52.6 Å². The van der Waals surface area contributed by atoms with Gasteiger partial charge in [0, 0.05) is 13.0 Å². The Bertz CT molecular complexity index is 223. The molecule has 0 rings (SSSR count). The van der Waals surface area contributed by atoms with Crippen LogP contribution >= 0.6 is 0 Å². The molecule has 2 atom stereocenters. The smallest absolute Gasteiger partial charge is 0.303 e. The zero-order valence-corrected chi connectivity index (χ0v) is 11.5. The quantitative estimate of drug-likeness (QED) is 0.688. The van der Waals surface area contributed by atoms with Crippen LogP contribution in [-0.4, -0.2) is 29.8 Å². The van der Waals surface area contributed by atoms with Gasteiger partial charge in [-0.2, -0.15) is 0 Å². The lowest BCUT2D eigenvalue weighted by Gasteiger charge is -2.22. The van der Waals surface area contributed by atoms with Crippen LogP contribution in [0.15, 0.2) is 0 Å². The topological polar surface area (TPSA) is 72.5 Å². The molecule has 102 valence electrons. The Balaban J connectivity index is 3.82. The number of rotatable bonds is 8. The van der Waals surface area contributed by atoms with Crippen molar-refractivity contribution in [3.05, 3.63) is 0 Å². The number of hydrogen-bond donors (Lipinski definition) is 2. The van der Waals surface area contributed by atoms with E-state index in [-0.39, 0.29) is 17.9 Å². The maximum absolute atomic E-state index is 10.6. The van der Waals surface area contributed by atoms with Gasteiger partial charge in [-0.1, -0.05) is 6.92 Å². The second-order valence-electron chi connectivity index (χ2n) is 5.79. The standard InChI is InChI=1S/C13H27NO3/c1-10(5-6-17-13(2,3)4)7-11(9-14)8-12(15)16/h10-11H,5-9,14H2,1-4H3,(H,15,16)/t10-,11+/m1/s1. The second kappa shape index (κ2) is 7.67. The summed E-state index contributed by atoms with van der Waals surface area (Å²) in [5, 5.41) is 8.73. The molecular weight excluding hydrogens is 218 g/mol. The molecule has 0 radical (unpaired) electrons. The highest BCUT2D eigenvalue weighted by atomic mass is 16.5. The third-order valence-electron chi connectivity index (χ3n) is 2.68. The molecule has 0 spiro atoms. The van der Waals surface area contributed by atoms with E-state index in [0.717, 1.165) is 19.4 Å². The highest BCUT2D eigenvalue weighted by Gasteiger charge is 2.16. The number of carboxylic acid groups (broad SMARTS) is 1. The minimum Gasteiger partial charge on any atom is -0.481 e. The van der Waals surface area contributed by atoms with Gasteiger partial charge in [0.15, 0.2) is 0 Å². The van der Waals surface area contributed by atoms with Gasteiger partial charge in [0.2, 0.25) is 0 Å². The molecule has 0 aromatic carbocycles. The number of carboxylic acids is 1. The van der Waals surface area contributed by atoms with Crippen LogP contribution in [0.3, 0.4) is 0 Å². The summed E-state index contributed by atoms with van der Waals surface area (Å²) in [6.45, 7) is 9.38. The monoisotopic (exact) mass is 245 g/mol. The first-order valence-corrected chi connectivity index (χ1v) is 6.30. The fourth-order valence-corrected chi connectivity index (χ4v) is 1.76. The van der Waals surface area contributed by atoms with E-state index in [1.165, 1.54) is 0 Å². The van der Waals surface area contributed by atoms with Crippen LogP contribution in [-0.2, 0) is 9.53 Å². The summed E-state index contributed by atoms with van der Waals surface area (Å²) >= 11 is 0. The minimum atomic E-state index is -0.765. The Morgan fingerprint density at radius 1 is 1.41 bits per heavy atom. The van der Waals surface area contributed by atoms with Gasteiger partial charge >= 0.3 is 5.97 Å². The van der Waals surface area contributed by atoms with Gasteiger partial charge in [-0.3, -0.25) is 4.79 Å². The first kappa shape index (κ1) is 16.4. The molecule has 0 saturated heterocycles. The van der Waals surface area contributed by atoms with E-state index in [1.54, 1.807) is 0 Å². The van der Waals surface area contributed by atoms with E-state index >= 15 is 0 Å². The summed E-state index contributed by atoms with van der Waals surface area (Å²) in [5.74, 6) is -0.235. The zero-order chi connectivity index (χ0) is 13.5. The van der Waals surface area contributed by atoms with Crippen LogP contribution in [0, 0.1) is 11.8 Å². The van der Waals surface area contributed by atoms with E-state index in [0.29, 0.717) is 12.5 Å². The van der Waals surface area contributed by atoms with E-state index in [1.807, 2.05) is 20.8 Å². The first-order chi connectivity index (χ1) is 7.74. The summed E-state index contributed by atoms with van der Waals surface area (Å²) in [7, 11) is 0. The van der Waals surface area contributed by atoms with Crippen LogP contribution in [0.5, 0.6) is 0 Å². The summed E-state index contributed by atoms with van der Waals surface area (Å²) in [5.41, 5.74) is 5.47. The number of hydrogen-bond acceptors (Lipinski definition) is 3. The third-order valence-corrected chi connectivity index (χ3v) is 2.68. The normalized spacial score (nSPS) is 15.6. The molecule has 0 saturated carbocycles. The maximum atomic E-state index is 10.6. The van der Waals surface area contributed by atoms with Gasteiger partial charge in [0.05, 0.1) is 5.60 Å². The first-order valence-electron chi connectivity index (χ1n) is 6.30. The Morgan fingerprint density at radius 2 is 2.00 bits per heavy atom. The summed E-state index contributed by atoms with van der Waals surface area (Å²) in [6, 6.07) is 0. The van der Waals surface area contributed by atoms with Crippen molar-refractivity contribution < 1.29 is 14.6 Å². The molecule has 17 heavy (non-hydrogen) atoms. The Kier molecular flexibility index (Phi) is 7.39. The Morgan fingerprint density at radius 3 is 2.41 bits per heavy atom. The van der Waals surface area contributed by atoms with Gasteiger partial charge in [0.25, 0.3) is 0 Å². The molecule has 0 aromatic rings. The van der Waals surface area contributed by atoms with Crippen molar-refractivity contribution in [3.8, 4) is 0 Å². The summed E-state index contributed by atoms with van der Waals surface area (Å²) in [6.07, 6.45) is 1.98. The highest BCUT2D eigenvalue weighted by Crippen LogP contribution is 2.19. The van der Waals surface area contributed by atoms with Crippen LogP contribution in [0.4, 0.5) is 0 Å². The molecule has 0 aliphatic rings. The van der Waals surface area contributed by atoms with Gasteiger partial charge in [0.1, 0.15) is 0 Å². The molecule has 4 heteroatoms. The lowest BCUT2D eigenvalue weighted by molar-refractivity contribution is -0.138. The molecule has 4 nitrogen and oxygen atoms in total. The molecule has 0 unspecified atom stereocenters. The fourth-order valence-electron chi connectivity index (χ4n) is 1.76. The Hall–Kier alpha value is -0.610. The predicted molar refractivity (Wildman–Crippen MR) is 68.9 cm³/mol. The van der Waals surface area contributed by atoms with Crippen molar-refractivity contribution in [2.24, 2.45) is 17.6 Å². The fraction of sp³-hybridized carbons (Fsp3) is 0.923. The van der Waals surface area contributed by atoms with Crippen molar-refractivity contribution in [1.29, 1.82) is 0 Å². The molecule has 0 heterocycles. The summed E-state index contributed by atoms with van der Waals surface area (Å²) < 4.78 is 5.65. The lowest BCUT2D eigenvalue weighted by Crippen LogP contribution is -2.23. The number of carbonyl (C=O) groups is 1. The van der Waals surface area contributed by atoms with Crippen molar-refractivity contribution in [2.75, 3.05) is 13.2 Å². The molecule has 0 amide bonds. The lowest BCUT2D eigenvalue weighted by atomic mass is 9.91. The largest absolute Gasteiger partial charge is 0.481 e. The SMILES string of the molecule is C[C@H](CCOC(C)(C)C)C[C@H](CN)CC(=O)O. The molecular formula is C13H27NO3. The molecule has 0 aliphatic heterocycles. The second-order valence-corrected chi connectivity index (χ2v) is 5.79. The highest BCUT2D eigenvalue weighted by molar-refractivity contribution is 5.67. The molecule has 3 N–H and O–H groups in total. The van der Waals surface area contributed by atoms with E-state index in [9.17, 15) is 4.79 Å². The number of nitrogens with two attached hydrogens (primary N) is 1. The maximum Gasteiger partial charge on any atom is 0.303 e. The van der Waals surface area contributed by atoms with E-state index in [2.05, 4.69) is 6.92 Å². The van der Waals surface area contributed by atoms with E-state index < -0.39 is 5.97 Å². The summed E-state index contributed by atoms with van der Waals surface area (Å²) in [4.78, 5) is 10.6. The molecule has 0 aliphatic carbocycles. The van der Waals surface area contributed by atoms with Crippen molar-refractivity contribution in [1.82, 2.24) is 0 Å². The third kappa shape index (κ3) is 10.3. The van der Waals surface area contributed by atoms with Gasteiger partial charge in [-0.05, 0) is 52.0 Å². The number of aliphatic carboxylic acids is 1. The zero-order valence-electron chi connectivity index (χ0n) is 11.5. The van der Waals surface area contributed by atoms with Crippen molar-refractivity contribution >= 4 is 5.97 Å². The molecule has 0 fully saturated rings. The van der Waals surface area contributed by atoms with Crippen LogP contribution < -0.4 is 5.73 Å². The van der Waals surface area contributed by atoms with Gasteiger partial charge < -0.3 is 15.6 Å². The van der Waals surface area contributed by atoms with E-state index in [4.69, 9.17) is 15.6 Å². The van der Waals surface area contributed by atoms with Gasteiger partial charge in [-0.25, -0.2) is 0 Å². The predicted octanol–water partition coefficient (Wildman–Crippen LogP) is 2.27. The molecule has 0 aromatic heterocycles. The average Bonchev–Trinajstić information content (AvgIpc) is 2.13. The number of ether oxygens (including phenoxy) is 1. The minimum absolute atomic E-state index is 0.0807. The Labute approximate surface area is 105 Å². The molecule has 0 bridgehead atoms. The van der Waals surface area contributed by atoms with Crippen molar-refractivity contribution in [3.63, 3.8) is 0 Å². The van der Waals surface area contributed by atoms with Gasteiger partial charge in [-0.15, -0.1) is 0 Å².